The molecule has 0 aromatic heterocycles. The maximum absolute atomic E-state index is 11.7. The molecule has 0 bridgehead atoms. The highest BCUT2D eigenvalue weighted by molar-refractivity contribution is 5.86. The molecule has 0 aromatic rings. The molecule has 0 radical (unpaired) electrons. The molecule has 1 N–H and O–H groups in total. The lowest BCUT2D eigenvalue weighted by Gasteiger charge is -2.26. The minimum Gasteiger partial charge on any atom is -0.467 e. The molecular formula is C12H21NO4. The number of rotatable bonds is 5. The van der Waals surface area contributed by atoms with Crippen LogP contribution in [0.5, 0.6) is 0 Å². The molecule has 1 saturated carbocycles. The predicted octanol–water partition coefficient (Wildman–Crippen LogP) is 2.00. The fourth-order valence-corrected chi connectivity index (χ4v) is 2.09. The van der Waals surface area contributed by atoms with Crippen molar-refractivity contribution >= 4 is 12.1 Å². The van der Waals surface area contributed by atoms with E-state index < -0.39 is 11.6 Å². The van der Waals surface area contributed by atoms with Crippen LogP contribution in [0.3, 0.4) is 0 Å². The van der Waals surface area contributed by atoms with E-state index >= 15 is 0 Å². The summed E-state index contributed by atoms with van der Waals surface area (Å²) < 4.78 is 9.76. The Morgan fingerprint density at radius 2 is 1.94 bits per heavy atom. The van der Waals surface area contributed by atoms with Crippen LogP contribution in [-0.4, -0.2) is 31.3 Å². The molecule has 0 heterocycles. The maximum atomic E-state index is 11.7. The fourth-order valence-electron chi connectivity index (χ4n) is 2.09. The zero-order valence-electron chi connectivity index (χ0n) is 10.6. The average molecular weight is 243 g/mol. The molecule has 0 aliphatic heterocycles. The van der Waals surface area contributed by atoms with Gasteiger partial charge in [0.1, 0.15) is 5.54 Å². The quantitative estimate of drug-likeness (QED) is 0.592. The number of amides is 1. The van der Waals surface area contributed by atoms with E-state index in [2.05, 4.69) is 5.32 Å². The van der Waals surface area contributed by atoms with Crippen molar-refractivity contribution in [2.24, 2.45) is 0 Å². The first-order valence-corrected chi connectivity index (χ1v) is 6.18. The summed E-state index contributed by atoms with van der Waals surface area (Å²) in [4.78, 5) is 23.3. The Kier molecular flexibility index (Phi) is 5.25. The maximum Gasteiger partial charge on any atom is 0.408 e. The second kappa shape index (κ2) is 6.47. The number of nitrogens with one attached hydrogen (secondary N) is 1. The van der Waals surface area contributed by atoms with Gasteiger partial charge in [0.15, 0.2) is 0 Å². The summed E-state index contributed by atoms with van der Waals surface area (Å²) in [5.74, 6) is -0.373. The van der Waals surface area contributed by atoms with Crippen LogP contribution in [-0.2, 0) is 14.3 Å². The predicted molar refractivity (Wildman–Crippen MR) is 62.6 cm³/mol. The lowest BCUT2D eigenvalue weighted by Crippen LogP contribution is -2.53. The summed E-state index contributed by atoms with van der Waals surface area (Å²) in [5.41, 5.74) is -0.863. The Morgan fingerprint density at radius 1 is 1.29 bits per heavy atom. The Labute approximate surface area is 102 Å². The molecule has 1 aliphatic rings. The van der Waals surface area contributed by atoms with Gasteiger partial charge in [0, 0.05) is 0 Å². The number of carbonyl (C=O) groups excluding carboxylic acids is 2. The number of alkyl carbamates (subject to hydrolysis) is 1. The Bertz CT molecular complexity index is 272. The third-order valence-electron chi connectivity index (χ3n) is 3.11. The van der Waals surface area contributed by atoms with Crippen LogP contribution in [0.2, 0.25) is 0 Å². The van der Waals surface area contributed by atoms with Gasteiger partial charge >= 0.3 is 12.1 Å². The molecular weight excluding hydrogens is 222 g/mol. The molecule has 1 amide bonds. The minimum absolute atomic E-state index is 0.373. The van der Waals surface area contributed by atoms with Crippen LogP contribution in [0.1, 0.15) is 45.4 Å². The summed E-state index contributed by atoms with van der Waals surface area (Å²) in [7, 11) is 1.34. The van der Waals surface area contributed by atoms with E-state index in [1.165, 1.54) is 7.11 Å². The molecule has 0 atom stereocenters. The first kappa shape index (κ1) is 13.8. The van der Waals surface area contributed by atoms with Crippen molar-refractivity contribution in [1.82, 2.24) is 5.32 Å². The molecule has 5 heteroatoms. The first-order valence-electron chi connectivity index (χ1n) is 6.18. The van der Waals surface area contributed by atoms with Crippen LogP contribution in [0.4, 0.5) is 4.79 Å². The summed E-state index contributed by atoms with van der Waals surface area (Å²) >= 11 is 0. The van der Waals surface area contributed by atoms with Gasteiger partial charge in [-0.15, -0.1) is 0 Å². The van der Waals surface area contributed by atoms with Crippen LogP contribution >= 0.6 is 0 Å². The molecule has 17 heavy (non-hydrogen) atoms. The Hall–Kier alpha value is -1.26. The van der Waals surface area contributed by atoms with E-state index in [9.17, 15) is 9.59 Å². The monoisotopic (exact) mass is 243 g/mol. The molecule has 0 saturated heterocycles. The van der Waals surface area contributed by atoms with Crippen molar-refractivity contribution in [1.29, 1.82) is 0 Å². The van der Waals surface area contributed by atoms with Gasteiger partial charge < -0.3 is 14.8 Å². The zero-order valence-corrected chi connectivity index (χ0v) is 10.6. The van der Waals surface area contributed by atoms with E-state index in [1.54, 1.807) is 0 Å². The zero-order chi connectivity index (χ0) is 12.7. The van der Waals surface area contributed by atoms with Crippen LogP contribution in [0.25, 0.3) is 0 Å². The lowest BCUT2D eigenvalue weighted by molar-refractivity contribution is -0.148. The van der Waals surface area contributed by atoms with Crippen molar-refractivity contribution in [2.45, 2.75) is 51.0 Å². The third-order valence-corrected chi connectivity index (χ3v) is 3.11. The fraction of sp³-hybridized carbons (Fsp3) is 0.833. The number of carbonyl (C=O) groups is 2. The number of methoxy groups -OCH3 is 1. The van der Waals surface area contributed by atoms with E-state index in [1.807, 2.05) is 6.92 Å². The SMILES string of the molecule is CCCCOC(=O)NC1(C(=O)OC)CCCC1. The first-order chi connectivity index (χ1) is 8.14. The largest absolute Gasteiger partial charge is 0.467 e. The van der Waals surface area contributed by atoms with E-state index in [0.717, 1.165) is 25.7 Å². The van der Waals surface area contributed by atoms with Gasteiger partial charge in [-0.3, -0.25) is 0 Å². The van der Waals surface area contributed by atoms with Crippen molar-refractivity contribution < 1.29 is 19.1 Å². The summed E-state index contributed by atoms with van der Waals surface area (Å²) in [6.07, 6.45) is 4.37. The van der Waals surface area contributed by atoms with E-state index in [4.69, 9.17) is 9.47 Å². The Balaban J connectivity index is 2.49. The summed E-state index contributed by atoms with van der Waals surface area (Å²) in [6, 6.07) is 0. The van der Waals surface area contributed by atoms with E-state index in [-0.39, 0.29) is 5.97 Å². The number of esters is 1. The standard InChI is InChI=1S/C12H21NO4/c1-3-4-9-17-11(15)13-12(10(14)16-2)7-5-6-8-12/h3-9H2,1-2H3,(H,13,15). The topological polar surface area (TPSA) is 64.6 Å². The van der Waals surface area contributed by atoms with Crippen LogP contribution < -0.4 is 5.32 Å². The summed E-state index contributed by atoms with van der Waals surface area (Å²) in [6.45, 7) is 2.41. The van der Waals surface area contributed by atoms with Gasteiger partial charge in [-0.1, -0.05) is 26.2 Å². The molecule has 1 fully saturated rings. The van der Waals surface area contributed by atoms with Crippen molar-refractivity contribution in [2.75, 3.05) is 13.7 Å². The van der Waals surface area contributed by atoms with E-state index in [0.29, 0.717) is 19.4 Å². The number of ether oxygens (including phenoxy) is 2. The van der Waals surface area contributed by atoms with Gasteiger partial charge in [-0.2, -0.15) is 0 Å². The summed E-state index contributed by atoms with van der Waals surface area (Å²) in [5, 5.41) is 2.67. The molecule has 0 unspecified atom stereocenters. The second-order valence-corrected chi connectivity index (χ2v) is 4.40. The third kappa shape index (κ3) is 3.61. The van der Waals surface area contributed by atoms with Crippen molar-refractivity contribution in [3.8, 4) is 0 Å². The lowest BCUT2D eigenvalue weighted by atomic mass is 9.98. The molecule has 98 valence electrons. The normalized spacial score (nSPS) is 17.5. The van der Waals surface area contributed by atoms with Crippen LogP contribution in [0, 0.1) is 0 Å². The minimum atomic E-state index is -0.863. The van der Waals surface area contributed by atoms with Crippen LogP contribution in [0.15, 0.2) is 0 Å². The van der Waals surface area contributed by atoms with Gasteiger partial charge in [0.05, 0.1) is 13.7 Å². The number of hydrogen-bond donors (Lipinski definition) is 1. The number of hydrogen-bond acceptors (Lipinski definition) is 4. The van der Waals surface area contributed by atoms with Gasteiger partial charge in [0.2, 0.25) is 0 Å². The highest BCUT2D eigenvalue weighted by atomic mass is 16.6. The highest BCUT2D eigenvalue weighted by Gasteiger charge is 2.44. The highest BCUT2D eigenvalue weighted by Crippen LogP contribution is 2.30. The van der Waals surface area contributed by atoms with Gasteiger partial charge in [-0.05, 0) is 19.3 Å². The second-order valence-electron chi connectivity index (χ2n) is 4.40. The number of unbranched alkanes of at least 4 members (excludes halogenated alkanes) is 1. The molecule has 0 aromatic carbocycles. The molecule has 0 spiro atoms. The smallest absolute Gasteiger partial charge is 0.408 e. The van der Waals surface area contributed by atoms with Crippen molar-refractivity contribution in [3.05, 3.63) is 0 Å². The molecule has 1 rings (SSSR count). The molecule has 1 aliphatic carbocycles. The van der Waals surface area contributed by atoms with Gasteiger partial charge in [-0.25, -0.2) is 9.59 Å². The molecule has 5 nitrogen and oxygen atoms in total. The van der Waals surface area contributed by atoms with Gasteiger partial charge in [0.25, 0.3) is 0 Å². The Morgan fingerprint density at radius 3 is 2.47 bits per heavy atom. The van der Waals surface area contributed by atoms with Crippen molar-refractivity contribution in [3.63, 3.8) is 0 Å². The average Bonchev–Trinajstić information content (AvgIpc) is 2.78.